The lowest BCUT2D eigenvalue weighted by Crippen LogP contribution is -2.40. The van der Waals surface area contributed by atoms with Crippen molar-refractivity contribution < 1.29 is 9.59 Å². The average molecular weight is 364 g/mol. The largest absolute Gasteiger partial charge is 0.355 e. The normalized spacial score (nSPS) is 21.6. The van der Waals surface area contributed by atoms with Gasteiger partial charge in [0.15, 0.2) is 0 Å². The Labute approximate surface area is 154 Å². The van der Waals surface area contributed by atoms with Gasteiger partial charge in [0.2, 0.25) is 11.8 Å². The maximum Gasteiger partial charge on any atom is 0.227 e. The Kier molecular flexibility index (Phi) is 5.97. The molecule has 0 spiro atoms. The fourth-order valence-electron chi connectivity index (χ4n) is 3.55. The summed E-state index contributed by atoms with van der Waals surface area (Å²) < 4.78 is 0. The molecule has 2 aliphatic rings. The first-order chi connectivity index (χ1) is 12.0. The monoisotopic (exact) mass is 363 g/mol. The van der Waals surface area contributed by atoms with Crippen LogP contribution in [0.25, 0.3) is 0 Å². The van der Waals surface area contributed by atoms with Crippen molar-refractivity contribution in [2.45, 2.75) is 32.6 Å². The van der Waals surface area contributed by atoms with Crippen molar-refractivity contribution in [2.24, 2.45) is 5.92 Å². The zero-order chi connectivity index (χ0) is 17.8. The van der Waals surface area contributed by atoms with Crippen molar-refractivity contribution in [1.29, 1.82) is 0 Å². The van der Waals surface area contributed by atoms with Crippen LogP contribution in [0.1, 0.15) is 31.2 Å². The first kappa shape index (κ1) is 18.2. The molecule has 0 bridgehead atoms. The number of likely N-dealkylation sites (tertiary alicyclic amines) is 1. The van der Waals surface area contributed by atoms with E-state index in [-0.39, 0.29) is 24.2 Å². The van der Waals surface area contributed by atoms with Gasteiger partial charge < -0.3 is 15.1 Å². The van der Waals surface area contributed by atoms with Gasteiger partial charge in [-0.25, -0.2) is 0 Å². The number of piperidine rings is 1. The second kappa shape index (κ2) is 8.19. The summed E-state index contributed by atoms with van der Waals surface area (Å²) in [6.45, 7) is 6.15. The number of halogens is 1. The van der Waals surface area contributed by atoms with E-state index in [4.69, 9.17) is 11.6 Å². The van der Waals surface area contributed by atoms with E-state index in [1.807, 2.05) is 19.1 Å². The number of nitrogens with one attached hydrogen (secondary N) is 1. The molecule has 6 heteroatoms. The van der Waals surface area contributed by atoms with Crippen LogP contribution < -0.4 is 10.2 Å². The third-order valence-electron chi connectivity index (χ3n) is 5.14. The Bertz CT molecular complexity index is 644. The molecule has 1 unspecified atom stereocenters. The van der Waals surface area contributed by atoms with Crippen LogP contribution in [0.4, 0.5) is 5.69 Å². The summed E-state index contributed by atoms with van der Waals surface area (Å²) in [5, 5.41) is 3.64. The second-order valence-corrected chi connectivity index (χ2v) is 7.44. The smallest absolute Gasteiger partial charge is 0.227 e. The minimum absolute atomic E-state index is 0.0175. The number of carbonyl (C=O) groups excluding carboxylic acids is 2. The van der Waals surface area contributed by atoms with Gasteiger partial charge in [0.25, 0.3) is 0 Å². The zero-order valence-electron chi connectivity index (χ0n) is 14.8. The van der Waals surface area contributed by atoms with Crippen LogP contribution in [0, 0.1) is 12.8 Å². The minimum Gasteiger partial charge on any atom is -0.355 e. The molecule has 0 aromatic heterocycles. The number of hydrogen-bond acceptors (Lipinski definition) is 3. The van der Waals surface area contributed by atoms with Crippen molar-refractivity contribution in [1.82, 2.24) is 10.2 Å². The highest BCUT2D eigenvalue weighted by Crippen LogP contribution is 2.28. The molecule has 1 aromatic rings. The minimum atomic E-state index is -0.283. The average Bonchev–Trinajstić information content (AvgIpc) is 3.00. The van der Waals surface area contributed by atoms with Gasteiger partial charge in [0.05, 0.1) is 5.92 Å². The Morgan fingerprint density at radius 3 is 2.76 bits per heavy atom. The topological polar surface area (TPSA) is 52.7 Å². The van der Waals surface area contributed by atoms with Crippen molar-refractivity contribution in [3.8, 4) is 0 Å². The van der Waals surface area contributed by atoms with E-state index in [9.17, 15) is 9.59 Å². The summed E-state index contributed by atoms with van der Waals surface area (Å²) >= 11 is 6.16. The van der Waals surface area contributed by atoms with Crippen molar-refractivity contribution >= 4 is 29.1 Å². The van der Waals surface area contributed by atoms with Gasteiger partial charge in [-0.05, 0) is 50.6 Å². The molecule has 2 saturated heterocycles. The number of benzene rings is 1. The summed E-state index contributed by atoms with van der Waals surface area (Å²) in [6.07, 6.45) is 4.07. The quantitative estimate of drug-likeness (QED) is 0.874. The third-order valence-corrected chi connectivity index (χ3v) is 5.55. The first-order valence-corrected chi connectivity index (χ1v) is 9.49. The van der Waals surface area contributed by atoms with E-state index in [1.165, 1.54) is 19.3 Å². The number of aryl methyl sites for hydroxylation is 1. The Morgan fingerprint density at radius 1 is 1.28 bits per heavy atom. The lowest BCUT2D eigenvalue weighted by Gasteiger charge is -2.26. The van der Waals surface area contributed by atoms with Crippen LogP contribution in [0.5, 0.6) is 0 Å². The van der Waals surface area contributed by atoms with E-state index in [0.29, 0.717) is 18.1 Å². The molecule has 1 aromatic carbocycles. The molecule has 25 heavy (non-hydrogen) atoms. The summed E-state index contributed by atoms with van der Waals surface area (Å²) in [5.74, 6) is -0.323. The van der Waals surface area contributed by atoms with Crippen LogP contribution in [0.2, 0.25) is 5.02 Å². The summed E-state index contributed by atoms with van der Waals surface area (Å²) in [5.41, 5.74) is 1.74. The van der Waals surface area contributed by atoms with Gasteiger partial charge in [0.1, 0.15) is 0 Å². The fourth-order valence-corrected chi connectivity index (χ4v) is 3.72. The second-order valence-electron chi connectivity index (χ2n) is 7.03. The molecule has 1 atom stereocenters. The van der Waals surface area contributed by atoms with Crippen molar-refractivity contribution in [2.75, 3.05) is 37.6 Å². The van der Waals surface area contributed by atoms with Gasteiger partial charge >= 0.3 is 0 Å². The predicted octanol–water partition coefficient (Wildman–Crippen LogP) is 2.60. The highest BCUT2D eigenvalue weighted by Gasteiger charge is 2.35. The summed E-state index contributed by atoms with van der Waals surface area (Å²) in [4.78, 5) is 28.8. The molecule has 2 heterocycles. The number of hydrogen-bond donors (Lipinski definition) is 1. The van der Waals surface area contributed by atoms with Crippen molar-refractivity contribution in [3.05, 3.63) is 28.8 Å². The third kappa shape index (κ3) is 4.53. The number of amides is 2. The SMILES string of the molecule is Cc1ccc(N2CC(C(=O)NCCN3CCCCC3)CC2=O)cc1Cl. The van der Waals surface area contributed by atoms with Gasteiger partial charge in [-0.3, -0.25) is 9.59 Å². The van der Waals surface area contributed by atoms with Crippen LogP contribution in [-0.4, -0.2) is 49.4 Å². The summed E-state index contributed by atoms with van der Waals surface area (Å²) in [6, 6.07) is 5.58. The van der Waals surface area contributed by atoms with Crippen LogP contribution in [-0.2, 0) is 9.59 Å². The molecule has 5 nitrogen and oxygen atoms in total. The molecule has 1 N–H and O–H groups in total. The Morgan fingerprint density at radius 2 is 2.04 bits per heavy atom. The highest BCUT2D eigenvalue weighted by molar-refractivity contribution is 6.31. The molecule has 2 amide bonds. The van der Waals surface area contributed by atoms with Crippen LogP contribution >= 0.6 is 11.6 Å². The van der Waals surface area contributed by atoms with Crippen LogP contribution in [0.3, 0.4) is 0 Å². The molecule has 2 aliphatic heterocycles. The molecule has 136 valence electrons. The van der Waals surface area contributed by atoms with Crippen molar-refractivity contribution in [3.63, 3.8) is 0 Å². The summed E-state index contributed by atoms with van der Waals surface area (Å²) in [7, 11) is 0. The molecular formula is C19H26ClN3O2. The molecular weight excluding hydrogens is 338 g/mol. The van der Waals surface area contributed by atoms with Gasteiger partial charge in [-0.2, -0.15) is 0 Å². The number of rotatable bonds is 5. The molecule has 0 radical (unpaired) electrons. The molecule has 2 fully saturated rings. The lowest BCUT2D eigenvalue weighted by atomic mass is 10.1. The fraction of sp³-hybridized carbons (Fsp3) is 0.579. The lowest BCUT2D eigenvalue weighted by molar-refractivity contribution is -0.126. The number of anilines is 1. The van der Waals surface area contributed by atoms with E-state index < -0.39 is 0 Å². The molecule has 0 aliphatic carbocycles. The van der Waals surface area contributed by atoms with Crippen LogP contribution in [0.15, 0.2) is 18.2 Å². The maximum atomic E-state index is 12.4. The Balaban J connectivity index is 1.50. The Hall–Kier alpha value is -1.59. The first-order valence-electron chi connectivity index (χ1n) is 9.11. The zero-order valence-corrected chi connectivity index (χ0v) is 15.5. The number of nitrogens with zero attached hydrogens (tertiary/aromatic N) is 2. The van der Waals surface area contributed by atoms with E-state index in [0.717, 1.165) is 30.9 Å². The molecule has 3 rings (SSSR count). The van der Waals surface area contributed by atoms with Gasteiger partial charge in [0, 0.05) is 36.8 Å². The van der Waals surface area contributed by atoms with E-state index >= 15 is 0 Å². The van der Waals surface area contributed by atoms with Gasteiger partial charge in [-0.15, -0.1) is 0 Å². The maximum absolute atomic E-state index is 12.4. The molecule has 0 saturated carbocycles. The predicted molar refractivity (Wildman–Crippen MR) is 99.9 cm³/mol. The number of carbonyl (C=O) groups is 2. The van der Waals surface area contributed by atoms with Gasteiger partial charge in [-0.1, -0.05) is 24.1 Å². The van der Waals surface area contributed by atoms with E-state index in [2.05, 4.69) is 10.2 Å². The van der Waals surface area contributed by atoms with E-state index in [1.54, 1.807) is 11.0 Å². The highest BCUT2D eigenvalue weighted by atomic mass is 35.5. The standard InChI is InChI=1S/C19H26ClN3O2/c1-14-5-6-16(12-17(14)20)23-13-15(11-18(23)24)19(25)21-7-10-22-8-3-2-4-9-22/h5-6,12,15H,2-4,7-11,13H2,1H3,(H,21,25).